The summed E-state index contributed by atoms with van der Waals surface area (Å²) in [5.74, 6) is 1.01. The van der Waals surface area contributed by atoms with Crippen molar-refractivity contribution in [1.29, 1.82) is 0 Å². The van der Waals surface area contributed by atoms with Crippen LogP contribution in [0.2, 0.25) is 0 Å². The summed E-state index contributed by atoms with van der Waals surface area (Å²) in [6.45, 7) is 0.746. The van der Waals surface area contributed by atoms with Gasteiger partial charge in [-0.1, -0.05) is 5.16 Å². The van der Waals surface area contributed by atoms with Crippen molar-refractivity contribution in [2.45, 2.75) is 6.54 Å². The van der Waals surface area contributed by atoms with Crippen molar-refractivity contribution in [3.05, 3.63) is 60.9 Å². The highest BCUT2D eigenvalue weighted by atomic mass is 16.6. The van der Waals surface area contributed by atoms with Crippen LogP contribution in [0, 0.1) is 10.1 Å². The highest BCUT2D eigenvalue weighted by Gasteiger charge is 2.28. The predicted octanol–water partition coefficient (Wildman–Crippen LogP) is 0.806. The molecule has 1 N–H and O–H groups in total. The van der Waals surface area contributed by atoms with E-state index in [2.05, 4.69) is 15.1 Å². The number of benzene rings is 1. The molecule has 0 fully saturated rings. The van der Waals surface area contributed by atoms with Gasteiger partial charge in [-0.15, -0.1) is 0 Å². The first-order chi connectivity index (χ1) is 14.9. The summed E-state index contributed by atoms with van der Waals surface area (Å²) in [6.07, 6.45) is 0. The molecular formula is C18H14N6O7. The zero-order chi connectivity index (χ0) is 21.7. The average molecular weight is 426 g/mol. The molecule has 0 spiro atoms. The molecule has 0 aliphatic carbocycles. The molecule has 31 heavy (non-hydrogen) atoms. The molecule has 1 aliphatic rings. The number of H-pyrrole nitrogens is 1. The molecule has 0 bridgehead atoms. The second-order valence-electron chi connectivity index (χ2n) is 6.79. The maximum absolute atomic E-state index is 12.3. The molecule has 3 aromatic heterocycles. The van der Waals surface area contributed by atoms with E-state index in [4.69, 9.17) is 14.0 Å². The molecule has 158 valence electrons. The molecular weight excluding hydrogens is 412 g/mol. The maximum Gasteiger partial charge on any atom is 0.437 e. The quantitative estimate of drug-likeness (QED) is 0.368. The zero-order valence-corrected chi connectivity index (χ0v) is 16.0. The Bertz CT molecular complexity index is 1460. The fraction of sp³-hybridized carbons (Fsp3) is 0.222. The van der Waals surface area contributed by atoms with E-state index in [0.717, 1.165) is 9.13 Å². The molecule has 0 amide bonds. The number of imidazole rings is 1. The molecule has 4 heterocycles. The molecule has 0 saturated carbocycles. The Balaban J connectivity index is 1.56. The number of nitrogens with one attached hydrogen (secondary N) is 1. The van der Waals surface area contributed by atoms with Crippen molar-refractivity contribution >= 4 is 17.1 Å². The van der Waals surface area contributed by atoms with Gasteiger partial charge in [0.15, 0.2) is 17.3 Å². The van der Waals surface area contributed by atoms with Gasteiger partial charge < -0.3 is 24.1 Å². The lowest BCUT2D eigenvalue weighted by Gasteiger charge is -2.18. The summed E-state index contributed by atoms with van der Waals surface area (Å²) < 4.78 is 18.6. The minimum atomic E-state index is -0.783. The summed E-state index contributed by atoms with van der Waals surface area (Å²) in [4.78, 5) is 40.9. The van der Waals surface area contributed by atoms with E-state index in [-0.39, 0.29) is 17.7 Å². The van der Waals surface area contributed by atoms with Crippen LogP contribution in [-0.4, -0.2) is 42.4 Å². The van der Waals surface area contributed by atoms with Gasteiger partial charge in [-0.05, 0) is 28.1 Å². The maximum atomic E-state index is 12.3. The van der Waals surface area contributed by atoms with Crippen LogP contribution in [0.3, 0.4) is 0 Å². The van der Waals surface area contributed by atoms with Gasteiger partial charge in [-0.2, -0.15) is 0 Å². The number of rotatable bonds is 4. The van der Waals surface area contributed by atoms with Gasteiger partial charge in [-0.25, -0.2) is 9.36 Å². The Hall–Kier alpha value is -4.42. The molecule has 5 rings (SSSR count). The number of nitrogens with zero attached hydrogens (tertiary/aromatic N) is 5. The largest absolute Gasteiger partial charge is 0.486 e. The predicted molar refractivity (Wildman–Crippen MR) is 104 cm³/mol. The van der Waals surface area contributed by atoms with Crippen molar-refractivity contribution in [1.82, 2.24) is 24.3 Å². The lowest BCUT2D eigenvalue weighted by atomic mass is 10.1. The summed E-state index contributed by atoms with van der Waals surface area (Å²) in [7, 11) is 1.36. The fourth-order valence-corrected chi connectivity index (χ4v) is 3.39. The highest BCUT2D eigenvalue weighted by molar-refractivity contribution is 5.73. The van der Waals surface area contributed by atoms with Gasteiger partial charge in [0.25, 0.3) is 11.2 Å². The SMILES string of the molecule is Cn1c(=O)[nH]c(=O)c2c1nc([N+](=O)[O-])n2Cc1cc(-c2ccc3c(c2)OCCO3)on1. The van der Waals surface area contributed by atoms with E-state index in [9.17, 15) is 19.7 Å². The first-order valence-corrected chi connectivity index (χ1v) is 9.12. The molecule has 4 aromatic rings. The van der Waals surface area contributed by atoms with E-state index in [1.54, 1.807) is 24.3 Å². The van der Waals surface area contributed by atoms with E-state index in [0.29, 0.717) is 41.7 Å². The molecule has 1 aromatic carbocycles. The highest BCUT2D eigenvalue weighted by Crippen LogP contribution is 2.34. The Morgan fingerprint density at radius 2 is 1.97 bits per heavy atom. The Morgan fingerprint density at radius 1 is 1.19 bits per heavy atom. The number of hydrogen-bond donors (Lipinski definition) is 1. The standard InChI is InChI=1S/C18H14N6O7/c1-22-15-14(16(25)20-18(22)26)23(17(19-15)24(27)28)8-10-7-12(31-21-10)9-2-3-11-13(6-9)30-5-4-29-11/h2-3,6-7H,4-5,8H2,1H3,(H,20,25,26). The molecule has 0 atom stereocenters. The third-order valence-electron chi connectivity index (χ3n) is 4.86. The van der Waals surface area contributed by atoms with Crippen LogP contribution in [0.1, 0.15) is 5.69 Å². The minimum Gasteiger partial charge on any atom is -0.486 e. The molecule has 0 saturated heterocycles. The normalized spacial score (nSPS) is 12.9. The lowest BCUT2D eigenvalue weighted by Crippen LogP contribution is -2.29. The monoisotopic (exact) mass is 426 g/mol. The van der Waals surface area contributed by atoms with Gasteiger partial charge in [0.2, 0.25) is 5.52 Å². The Kier molecular flexibility index (Phi) is 4.10. The molecule has 0 radical (unpaired) electrons. The van der Waals surface area contributed by atoms with E-state index in [1.807, 2.05) is 0 Å². The third kappa shape index (κ3) is 3.02. The Labute approximate surface area is 171 Å². The second-order valence-corrected chi connectivity index (χ2v) is 6.79. The number of aromatic amines is 1. The number of aryl methyl sites for hydroxylation is 1. The number of ether oxygens (including phenoxy) is 2. The van der Waals surface area contributed by atoms with E-state index < -0.39 is 22.1 Å². The number of aromatic nitrogens is 5. The summed E-state index contributed by atoms with van der Waals surface area (Å²) >= 11 is 0. The molecule has 13 heteroatoms. The zero-order valence-electron chi connectivity index (χ0n) is 16.0. The number of fused-ring (bicyclic) bond motifs is 2. The Morgan fingerprint density at radius 3 is 2.74 bits per heavy atom. The molecule has 0 unspecified atom stereocenters. The smallest absolute Gasteiger partial charge is 0.437 e. The van der Waals surface area contributed by atoms with Gasteiger partial charge in [0.05, 0.1) is 0 Å². The molecule has 1 aliphatic heterocycles. The van der Waals surface area contributed by atoms with Crippen LogP contribution in [-0.2, 0) is 13.6 Å². The number of nitro groups is 1. The van der Waals surface area contributed by atoms with Crippen LogP contribution in [0.25, 0.3) is 22.5 Å². The van der Waals surface area contributed by atoms with Crippen LogP contribution < -0.4 is 20.7 Å². The van der Waals surface area contributed by atoms with Crippen molar-refractivity contribution in [2.24, 2.45) is 7.05 Å². The van der Waals surface area contributed by atoms with Crippen LogP contribution >= 0.6 is 0 Å². The molecule has 13 nitrogen and oxygen atoms in total. The van der Waals surface area contributed by atoms with Gasteiger partial charge in [0.1, 0.15) is 25.5 Å². The van der Waals surface area contributed by atoms with Gasteiger partial charge in [-0.3, -0.25) is 14.3 Å². The van der Waals surface area contributed by atoms with Gasteiger partial charge >= 0.3 is 11.6 Å². The van der Waals surface area contributed by atoms with E-state index >= 15 is 0 Å². The second kappa shape index (κ2) is 6.83. The number of hydrogen-bond acceptors (Lipinski definition) is 9. The summed E-state index contributed by atoms with van der Waals surface area (Å²) in [5.41, 5.74) is -0.726. The minimum absolute atomic E-state index is 0.101. The first-order valence-electron chi connectivity index (χ1n) is 9.12. The van der Waals surface area contributed by atoms with Gasteiger partial charge in [0, 0.05) is 18.7 Å². The van der Waals surface area contributed by atoms with Crippen LogP contribution in [0.5, 0.6) is 11.5 Å². The van der Waals surface area contributed by atoms with Crippen LogP contribution in [0.15, 0.2) is 38.4 Å². The van der Waals surface area contributed by atoms with Crippen LogP contribution in [0.4, 0.5) is 5.95 Å². The van der Waals surface area contributed by atoms with Crippen molar-refractivity contribution in [3.8, 4) is 22.8 Å². The third-order valence-corrected chi connectivity index (χ3v) is 4.86. The topological polar surface area (TPSA) is 160 Å². The summed E-state index contributed by atoms with van der Waals surface area (Å²) in [5, 5.41) is 15.5. The van der Waals surface area contributed by atoms with Crippen molar-refractivity contribution in [2.75, 3.05) is 13.2 Å². The van der Waals surface area contributed by atoms with Crippen molar-refractivity contribution in [3.63, 3.8) is 0 Å². The van der Waals surface area contributed by atoms with E-state index in [1.165, 1.54) is 7.05 Å². The first kappa shape index (κ1) is 18.6. The fourth-order valence-electron chi connectivity index (χ4n) is 3.39. The lowest BCUT2D eigenvalue weighted by molar-refractivity contribution is -0.396. The van der Waals surface area contributed by atoms with Crippen molar-refractivity contribution < 1.29 is 18.9 Å². The average Bonchev–Trinajstić information content (AvgIpc) is 3.37. The summed E-state index contributed by atoms with van der Waals surface area (Å²) in [6, 6.07) is 6.86.